The van der Waals surface area contributed by atoms with E-state index in [-0.39, 0.29) is 12.7 Å². The van der Waals surface area contributed by atoms with Gasteiger partial charge < -0.3 is 9.47 Å². The number of amides is 2. The van der Waals surface area contributed by atoms with Crippen LogP contribution in [0.5, 0.6) is 11.5 Å². The second kappa shape index (κ2) is 9.26. The van der Waals surface area contributed by atoms with Crippen molar-refractivity contribution >= 4 is 11.8 Å². The molecule has 0 bridgehead atoms. The normalized spacial score (nSPS) is 13.8. The number of carbonyl (C=O) groups excluding carboxylic acids is 2. The smallest absolute Gasteiger partial charge is 0.276 e. The quantitative estimate of drug-likeness (QED) is 0.750. The fourth-order valence-electron chi connectivity index (χ4n) is 3.12. The maximum Gasteiger partial charge on any atom is 0.276 e. The van der Waals surface area contributed by atoms with E-state index in [1.54, 1.807) is 24.3 Å². The van der Waals surface area contributed by atoms with Gasteiger partial charge in [-0.25, -0.2) is 0 Å². The van der Waals surface area contributed by atoms with Crippen LogP contribution in [-0.4, -0.2) is 24.5 Å². The molecular formula is C22H26N2O4. The lowest BCUT2D eigenvalue weighted by Crippen LogP contribution is -2.43. The van der Waals surface area contributed by atoms with Crippen LogP contribution >= 0.6 is 0 Å². The van der Waals surface area contributed by atoms with Crippen molar-refractivity contribution in [1.29, 1.82) is 0 Å². The van der Waals surface area contributed by atoms with Gasteiger partial charge in [-0.1, -0.05) is 12.1 Å². The summed E-state index contributed by atoms with van der Waals surface area (Å²) < 4.78 is 11.4. The van der Waals surface area contributed by atoms with Gasteiger partial charge in [-0.15, -0.1) is 0 Å². The summed E-state index contributed by atoms with van der Waals surface area (Å²) in [5, 5.41) is 0. The predicted octanol–water partition coefficient (Wildman–Crippen LogP) is 3.46. The van der Waals surface area contributed by atoms with E-state index in [4.69, 9.17) is 9.47 Å². The molecule has 0 aromatic heterocycles. The van der Waals surface area contributed by atoms with E-state index in [1.807, 2.05) is 32.0 Å². The molecule has 0 radical (unpaired) electrons. The first-order valence-electron chi connectivity index (χ1n) is 9.57. The third-order valence-electron chi connectivity index (χ3n) is 4.74. The van der Waals surface area contributed by atoms with Gasteiger partial charge in [0.05, 0.1) is 6.10 Å². The summed E-state index contributed by atoms with van der Waals surface area (Å²) in [6.07, 6.45) is 4.85. The van der Waals surface area contributed by atoms with Crippen LogP contribution in [0, 0.1) is 13.8 Å². The first-order valence-corrected chi connectivity index (χ1v) is 9.57. The number of benzene rings is 2. The fourth-order valence-corrected chi connectivity index (χ4v) is 3.12. The molecule has 28 heavy (non-hydrogen) atoms. The van der Waals surface area contributed by atoms with Crippen molar-refractivity contribution in [1.82, 2.24) is 10.9 Å². The minimum absolute atomic E-state index is 0.182. The van der Waals surface area contributed by atoms with Crippen LogP contribution in [0.2, 0.25) is 0 Å². The summed E-state index contributed by atoms with van der Waals surface area (Å²) >= 11 is 0. The summed E-state index contributed by atoms with van der Waals surface area (Å²) in [4.78, 5) is 24.1. The molecule has 0 heterocycles. The molecule has 148 valence electrons. The average Bonchev–Trinajstić information content (AvgIpc) is 3.20. The van der Waals surface area contributed by atoms with E-state index in [0.717, 1.165) is 29.7 Å². The third-order valence-corrected chi connectivity index (χ3v) is 4.74. The van der Waals surface area contributed by atoms with Crippen molar-refractivity contribution in [3.63, 3.8) is 0 Å². The Hall–Kier alpha value is -3.02. The van der Waals surface area contributed by atoms with Gasteiger partial charge in [0.1, 0.15) is 11.5 Å². The van der Waals surface area contributed by atoms with Gasteiger partial charge in [0.15, 0.2) is 6.61 Å². The van der Waals surface area contributed by atoms with Crippen LogP contribution in [0.1, 0.15) is 47.2 Å². The van der Waals surface area contributed by atoms with Crippen LogP contribution < -0.4 is 20.3 Å². The van der Waals surface area contributed by atoms with E-state index in [2.05, 4.69) is 10.9 Å². The molecule has 2 aromatic rings. The lowest BCUT2D eigenvalue weighted by molar-refractivity contribution is -0.123. The molecular weight excluding hydrogens is 356 g/mol. The molecule has 0 aliphatic heterocycles. The lowest BCUT2D eigenvalue weighted by atomic mass is 10.1. The van der Waals surface area contributed by atoms with Gasteiger partial charge in [0.25, 0.3) is 11.8 Å². The number of hydrazine groups is 1. The Kier molecular flexibility index (Phi) is 6.53. The van der Waals surface area contributed by atoms with Crippen molar-refractivity contribution in [3.8, 4) is 11.5 Å². The van der Waals surface area contributed by atoms with E-state index < -0.39 is 11.8 Å². The summed E-state index contributed by atoms with van der Waals surface area (Å²) in [7, 11) is 0. The number of aryl methyl sites for hydroxylation is 2. The van der Waals surface area contributed by atoms with Crippen LogP contribution in [0.15, 0.2) is 42.5 Å². The molecule has 2 aromatic carbocycles. The van der Waals surface area contributed by atoms with Gasteiger partial charge in [-0.05, 0) is 81.0 Å². The monoisotopic (exact) mass is 382 g/mol. The third kappa shape index (κ3) is 5.49. The Bertz CT molecular complexity index is 827. The van der Waals surface area contributed by atoms with Gasteiger partial charge in [0, 0.05) is 5.56 Å². The molecule has 6 nitrogen and oxygen atoms in total. The highest BCUT2D eigenvalue weighted by atomic mass is 16.5. The average molecular weight is 382 g/mol. The molecule has 1 fully saturated rings. The Morgan fingerprint density at radius 3 is 2.43 bits per heavy atom. The van der Waals surface area contributed by atoms with E-state index in [1.165, 1.54) is 12.8 Å². The maximum atomic E-state index is 12.2. The summed E-state index contributed by atoms with van der Waals surface area (Å²) in [6, 6.07) is 12.7. The van der Waals surface area contributed by atoms with Gasteiger partial charge in [-0.2, -0.15) is 0 Å². The molecule has 0 unspecified atom stereocenters. The molecule has 2 N–H and O–H groups in total. The van der Waals surface area contributed by atoms with Crippen LogP contribution in [-0.2, 0) is 4.79 Å². The summed E-state index contributed by atoms with van der Waals surface area (Å²) in [5.41, 5.74) is 7.19. The Morgan fingerprint density at radius 1 is 1.00 bits per heavy atom. The van der Waals surface area contributed by atoms with E-state index in [9.17, 15) is 9.59 Å². The summed E-state index contributed by atoms with van der Waals surface area (Å²) in [6.45, 7) is 3.68. The largest absolute Gasteiger partial charge is 0.490 e. The number of rotatable bonds is 6. The zero-order valence-corrected chi connectivity index (χ0v) is 16.3. The van der Waals surface area contributed by atoms with Crippen molar-refractivity contribution in [2.75, 3.05) is 6.61 Å². The zero-order valence-electron chi connectivity index (χ0n) is 16.3. The highest BCUT2D eigenvalue weighted by molar-refractivity contribution is 5.95. The lowest BCUT2D eigenvalue weighted by Gasteiger charge is -2.13. The molecule has 3 rings (SSSR count). The maximum absolute atomic E-state index is 12.2. The minimum Gasteiger partial charge on any atom is -0.490 e. The molecule has 0 saturated heterocycles. The molecule has 6 heteroatoms. The molecule has 2 amide bonds. The Morgan fingerprint density at radius 2 is 1.71 bits per heavy atom. The molecule has 1 aliphatic rings. The number of nitrogens with one attached hydrogen (secondary N) is 2. The minimum atomic E-state index is -0.435. The van der Waals surface area contributed by atoms with E-state index >= 15 is 0 Å². The standard InChI is InChI=1S/C22H26N2O4/c1-15-7-8-16(2)20(13-15)27-14-21(25)23-24-22(26)17-9-11-19(12-10-17)28-18-5-3-4-6-18/h7-13,18H,3-6,14H2,1-2H3,(H,23,25)(H,24,26). The van der Waals surface area contributed by atoms with Gasteiger partial charge in [-0.3, -0.25) is 20.4 Å². The first-order chi connectivity index (χ1) is 13.5. The van der Waals surface area contributed by atoms with Crippen molar-refractivity contribution in [3.05, 3.63) is 59.2 Å². The number of ether oxygens (including phenoxy) is 2. The molecule has 1 saturated carbocycles. The van der Waals surface area contributed by atoms with Crippen LogP contribution in [0.4, 0.5) is 0 Å². The van der Waals surface area contributed by atoms with Crippen molar-refractivity contribution in [2.24, 2.45) is 0 Å². The second-order valence-corrected chi connectivity index (χ2v) is 7.11. The van der Waals surface area contributed by atoms with Crippen LogP contribution in [0.25, 0.3) is 0 Å². The number of hydrogen-bond donors (Lipinski definition) is 2. The van der Waals surface area contributed by atoms with Gasteiger partial charge >= 0.3 is 0 Å². The van der Waals surface area contributed by atoms with Crippen molar-refractivity contribution in [2.45, 2.75) is 45.6 Å². The summed E-state index contributed by atoms with van der Waals surface area (Å²) in [5.74, 6) is 0.580. The highest BCUT2D eigenvalue weighted by Gasteiger charge is 2.16. The molecule has 0 spiro atoms. The van der Waals surface area contributed by atoms with E-state index in [0.29, 0.717) is 11.3 Å². The Balaban J connectivity index is 1.44. The second-order valence-electron chi connectivity index (χ2n) is 7.11. The topological polar surface area (TPSA) is 76.7 Å². The number of hydrogen-bond acceptors (Lipinski definition) is 4. The molecule has 0 atom stereocenters. The van der Waals surface area contributed by atoms with Gasteiger partial charge in [0.2, 0.25) is 0 Å². The SMILES string of the molecule is Cc1ccc(C)c(OCC(=O)NNC(=O)c2ccc(OC3CCCC3)cc2)c1. The highest BCUT2D eigenvalue weighted by Crippen LogP contribution is 2.24. The number of carbonyl (C=O) groups is 2. The Labute approximate surface area is 165 Å². The predicted molar refractivity (Wildman–Crippen MR) is 106 cm³/mol. The van der Waals surface area contributed by atoms with Crippen LogP contribution in [0.3, 0.4) is 0 Å². The fraction of sp³-hybridized carbons (Fsp3) is 0.364. The van der Waals surface area contributed by atoms with Crippen molar-refractivity contribution < 1.29 is 19.1 Å². The first kappa shape index (κ1) is 19.7. The zero-order chi connectivity index (χ0) is 19.9. The molecule has 1 aliphatic carbocycles.